The summed E-state index contributed by atoms with van der Waals surface area (Å²) in [5.74, 6) is 0. The monoisotopic (exact) mass is 315 g/mol. The number of fused-ring (bicyclic) bond motifs is 2. The molecule has 1 aromatic carbocycles. The molecule has 2 fully saturated rings. The van der Waals surface area contributed by atoms with Crippen LogP contribution in [0.1, 0.15) is 18.4 Å². The van der Waals surface area contributed by atoms with Gasteiger partial charge in [0.05, 0.1) is 12.2 Å². The van der Waals surface area contributed by atoms with Crippen LogP contribution in [0.4, 0.5) is 5.69 Å². The van der Waals surface area contributed by atoms with E-state index in [1.54, 1.807) is 0 Å². The van der Waals surface area contributed by atoms with Crippen LogP contribution in [-0.4, -0.2) is 25.3 Å². The summed E-state index contributed by atoms with van der Waals surface area (Å²) < 4.78 is 5.84. The van der Waals surface area contributed by atoms with Crippen molar-refractivity contribution in [3.05, 3.63) is 28.8 Å². The molecule has 2 saturated heterocycles. The molecule has 0 saturated carbocycles. The number of alkyl halides is 1. The van der Waals surface area contributed by atoms with E-state index in [0.29, 0.717) is 12.2 Å². The Kier molecular flexibility index (Phi) is 3.33. The lowest BCUT2D eigenvalue weighted by Crippen LogP contribution is -2.42. The van der Waals surface area contributed by atoms with Crippen LogP contribution in [0, 0.1) is 0 Å². The molecule has 2 heterocycles. The normalized spacial score (nSPS) is 27.5. The SMILES string of the molecule is Clc1cc(N2CC3CCC(C2)O3)ccc1CBr. The van der Waals surface area contributed by atoms with Crippen molar-refractivity contribution < 1.29 is 4.74 Å². The lowest BCUT2D eigenvalue weighted by Gasteiger charge is -2.34. The minimum absolute atomic E-state index is 0.420. The fourth-order valence-corrected chi connectivity index (χ4v) is 3.56. The van der Waals surface area contributed by atoms with Crippen molar-refractivity contribution in [2.45, 2.75) is 30.4 Å². The van der Waals surface area contributed by atoms with Gasteiger partial charge in [0, 0.05) is 29.1 Å². The molecule has 2 unspecified atom stereocenters. The van der Waals surface area contributed by atoms with Gasteiger partial charge in [-0.05, 0) is 30.5 Å². The van der Waals surface area contributed by atoms with Gasteiger partial charge in [-0.15, -0.1) is 0 Å². The highest BCUT2D eigenvalue weighted by atomic mass is 79.9. The zero-order valence-corrected chi connectivity index (χ0v) is 11.9. The van der Waals surface area contributed by atoms with Crippen LogP contribution in [-0.2, 0) is 10.1 Å². The largest absolute Gasteiger partial charge is 0.371 e. The molecule has 0 aromatic heterocycles. The van der Waals surface area contributed by atoms with E-state index in [-0.39, 0.29) is 0 Å². The Hall–Kier alpha value is -0.250. The zero-order chi connectivity index (χ0) is 11.8. The summed E-state index contributed by atoms with van der Waals surface area (Å²) in [5.41, 5.74) is 2.37. The van der Waals surface area contributed by atoms with Crippen molar-refractivity contribution in [1.82, 2.24) is 0 Å². The van der Waals surface area contributed by atoms with E-state index in [2.05, 4.69) is 39.0 Å². The van der Waals surface area contributed by atoms with E-state index in [9.17, 15) is 0 Å². The Balaban J connectivity index is 1.82. The second-order valence-corrected chi connectivity index (χ2v) is 5.74. The molecule has 0 aliphatic carbocycles. The second-order valence-electron chi connectivity index (χ2n) is 4.77. The van der Waals surface area contributed by atoms with Crippen molar-refractivity contribution in [3.63, 3.8) is 0 Å². The fourth-order valence-electron chi connectivity index (χ4n) is 2.67. The van der Waals surface area contributed by atoms with Gasteiger partial charge in [-0.2, -0.15) is 0 Å². The highest BCUT2D eigenvalue weighted by molar-refractivity contribution is 9.08. The Morgan fingerprint density at radius 1 is 1.29 bits per heavy atom. The average molecular weight is 317 g/mol. The molecule has 2 aliphatic rings. The first-order chi connectivity index (χ1) is 8.26. The molecule has 2 nitrogen and oxygen atoms in total. The number of benzene rings is 1. The Morgan fingerprint density at radius 3 is 2.59 bits per heavy atom. The topological polar surface area (TPSA) is 12.5 Å². The predicted octanol–water partition coefficient (Wildman–Crippen LogP) is 3.60. The third-order valence-corrected chi connectivity index (χ3v) is 4.55. The number of rotatable bonds is 2. The number of hydrogen-bond acceptors (Lipinski definition) is 2. The van der Waals surface area contributed by atoms with Crippen LogP contribution in [0.3, 0.4) is 0 Å². The molecule has 4 heteroatoms. The Labute approximate surface area is 115 Å². The van der Waals surface area contributed by atoms with Gasteiger partial charge in [0.15, 0.2) is 0 Å². The van der Waals surface area contributed by atoms with Crippen LogP contribution in [0.15, 0.2) is 18.2 Å². The van der Waals surface area contributed by atoms with Crippen molar-refractivity contribution in [3.8, 4) is 0 Å². The molecule has 2 aliphatic heterocycles. The zero-order valence-electron chi connectivity index (χ0n) is 9.53. The average Bonchev–Trinajstić information content (AvgIpc) is 2.68. The summed E-state index contributed by atoms with van der Waals surface area (Å²) >= 11 is 9.69. The molecular formula is C13H15BrClNO. The molecule has 1 aromatic rings. The molecule has 0 amide bonds. The molecule has 3 rings (SSSR count). The summed E-state index contributed by atoms with van der Waals surface area (Å²) in [6.45, 7) is 2.00. The predicted molar refractivity (Wildman–Crippen MR) is 74.2 cm³/mol. The first kappa shape index (κ1) is 11.8. The van der Waals surface area contributed by atoms with Gasteiger partial charge in [-0.25, -0.2) is 0 Å². The van der Waals surface area contributed by atoms with E-state index in [1.165, 1.54) is 18.5 Å². The van der Waals surface area contributed by atoms with Crippen molar-refractivity contribution in [2.24, 2.45) is 0 Å². The molecule has 92 valence electrons. The maximum absolute atomic E-state index is 6.25. The molecule has 0 spiro atoms. The summed E-state index contributed by atoms with van der Waals surface area (Å²) in [6.07, 6.45) is 3.25. The van der Waals surface area contributed by atoms with E-state index in [0.717, 1.165) is 29.0 Å². The lowest BCUT2D eigenvalue weighted by atomic mass is 10.2. The van der Waals surface area contributed by atoms with Crippen LogP contribution in [0.2, 0.25) is 5.02 Å². The van der Waals surface area contributed by atoms with Gasteiger partial charge in [0.2, 0.25) is 0 Å². The second kappa shape index (κ2) is 4.79. The number of hydrogen-bond donors (Lipinski definition) is 0. The van der Waals surface area contributed by atoms with Crippen LogP contribution >= 0.6 is 27.5 Å². The van der Waals surface area contributed by atoms with Gasteiger partial charge in [-0.1, -0.05) is 33.6 Å². The lowest BCUT2D eigenvalue weighted by molar-refractivity contribution is 0.0305. The first-order valence-electron chi connectivity index (χ1n) is 6.01. The van der Waals surface area contributed by atoms with Gasteiger partial charge >= 0.3 is 0 Å². The summed E-state index contributed by atoms with van der Waals surface area (Å²) in [5, 5.41) is 1.65. The summed E-state index contributed by atoms with van der Waals surface area (Å²) in [6, 6.07) is 6.33. The maximum atomic E-state index is 6.25. The van der Waals surface area contributed by atoms with E-state index >= 15 is 0 Å². The third kappa shape index (κ3) is 2.33. The highest BCUT2D eigenvalue weighted by Gasteiger charge is 2.33. The number of nitrogens with zero attached hydrogens (tertiary/aromatic N) is 1. The van der Waals surface area contributed by atoms with Gasteiger partial charge in [0.1, 0.15) is 0 Å². The molecule has 0 radical (unpaired) electrons. The minimum atomic E-state index is 0.420. The number of morpholine rings is 1. The number of ether oxygens (including phenoxy) is 1. The highest BCUT2D eigenvalue weighted by Crippen LogP contribution is 2.31. The third-order valence-electron chi connectivity index (χ3n) is 3.59. The maximum Gasteiger partial charge on any atom is 0.0755 e. The Bertz CT molecular complexity index is 414. The van der Waals surface area contributed by atoms with Gasteiger partial charge < -0.3 is 9.64 Å². The number of halogens is 2. The first-order valence-corrected chi connectivity index (χ1v) is 7.51. The quantitative estimate of drug-likeness (QED) is 0.773. The van der Waals surface area contributed by atoms with Crippen molar-refractivity contribution >= 4 is 33.2 Å². The van der Waals surface area contributed by atoms with Crippen LogP contribution in [0.25, 0.3) is 0 Å². The molecule has 17 heavy (non-hydrogen) atoms. The molecular weight excluding hydrogens is 302 g/mol. The minimum Gasteiger partial charge on any atom is -0.371 e. The standard InChI is InChI=1S/C13H15BrClNO/c14-6-9-1-2-10(5-13(9)15)16-7-11-3-4-12(8-16)17-11/h1-2,5,11-12H,3-4,6-8H2. The Morgan fingerprint density at radius 2 is 2.00 bits per heavy atom. The van der Waals surface area contributed by atoms with Gasteiger partial charge in [-0.3, -0.25) is 0 Å². The summed E-state index contributed by atoms with van der Waals surface area (Å²) in [4.78, 5) is 2.40. The van der Waals surface area contributed by atoms with Crippen LogP contribution < -0.4 is 4.90 Å². The molecule has 2 bridgehead atoms. The summed E-state index contributed by atoms with van der Waals surface area (Å²) in [7, 11) is 0. The van der Waals surface area contributed by atoms with E-state index < -0.39 is 0 Å². The van der Waals surface area contributed by atoms with Crippen LogP contribution in [0.5, 0.6) is 0 Å². The van der Waals surface area contributed by atoms with E-state index in [1.807, 2.05) is 0 Å². The van der Waals surface area contributed by atoms with Gasteiger partial charge in [0.25, 0.3) is 0 Å². The molecule has 2 atom stereocenters. The fraction of sp³-hybridized carbons (Fsp3) is 0.538. The molecule has 0 N–H and O–H groups in total. The van der Waals surface area contributed by atoms with E-state index in [4.69, 9.17) is 16.3 Å². The smallest absolute Gasteiger partial charge is 0.0755 e. The van der Waals surface area contributed by atoms with Crippen molar-refractivity contribution in [1.29, 1.82) is 0 Å². The van der Waals surface area contributed by atoms with Crippen molar-refractivity contribution in [2.75, 3.05) is 18.0 Å². The number of anilines is 1.